The van der Waals surface area contributed by atoms with Crippen LogP contribution in [0.2, 0.25) is 0 Å². The molecular weight excluding hydrogens is 302 g/mol. The number of imidazole rings is 1. The van der Waals surface area contributed by atoms with E-state index in [2.05, 4.69) is 9.71 Å². The molecule has 7 heteroatoms. The summed E-state index contributed by atoms with van der Waals surface area (Å²) < 4.78 is 34.6. The molecule has 0 spiro atoms. The van der Waals surface area contributed by atoms with Gasteiger partial charge in [-0.05, 0) is 31.9 Å². The van der Waals surface area contributed by atoms with Crippen molar-refractivity contribution in [3.63, 3.8) is 0 Å². The molecule has 1 N–H and O–H groups in total. The molecular formula is C15H21N3O3S. The summed E-state index contributed by atoms with van der Waals surface area (Å²) in [5, 5.41) is 0. The van der Waals surface area contributed by atoms with Gasteiger partial charge in [0.15, 0.2) is 0 Å². The minimum atomic E-state index is -3.34. The highest BCUT2D eigenvalue weighted by atomic mass is 32.2. The highest BCUT2D eigenvalue weighted by Crippen LogP contribution is 2.16. The average Bonchev–Trinajstić information content (AvgIpc) is 3.15. The van der Waals surface area contributed by atoms with Gasteiger partial charge in [-0.1, -0.05) is 12.1 Å². The predicted octanol–water partition coefficient (Wildman–Crippen LogP) is 1.52. The third-order valence-electron chi connectivity index (χ3n) is 4.02. The molecule has 0 saturated carbocycles. The summed E-state index contributed by atoms with van der Waals surface area (Å²) in [5.74, 6) is 0.0322. The van der Waals surface area contributed by atoms with Gasteiger partial charge in [0, 0.05) is 19.2 Å². The smallest absolute Gasteiger partial charge is 0.213 e. The van der Waals surface area contributed by atoms with E-state index in [1.165, 1.54) is 0 Å². The number of sulfonamides is 1. The zero-order valence-electron chi connectivity index (χ0n) is 12.6. The second kappa shape index (κ2) is 6.36. The molecule has 2 heterocycles. The molecule has 22 heavy (non-hydrogen) atoms. The number of ether oxygens (including phenoxy) is 1. The molecule has 1 aliphatic rings. The van der Waals surface area contributed by atoms with E-state index in [0.29, 0.717) is 6.54 Å². The molecule has 1 aliphatic heterocycles. The Bertz CT molecular complexity index is 735. The quantitative estimate of drug-likeness (QED) is 0.875. The summed E-state index contributed by atoms with van der Waals surface area (Å²) in [6, 6.07) is 7.51. The minimum Gasteiger partial charge on any atom is -0.377 e. The van der Waals surface area contributed by atoms with Crippen molar-refractivity contribution in [2.45, 2.75) is 38.5 Å². The van der Waals surface area contributed by atoms with E-state index in [9.17, 15) is 8.42 Å². The molecule has 2 atom stereocenters. The number of aryl methyl sites for hydroxylation is 1. The first-order chi connectivity index (χ1) is 10.6. The van der Waals surface area contributed by atoms with E-state index >= 15 is 0 Å². The van der Waals surface area contributed by atoms with Crippen LogP contribution in [-0.2, 0) is 21.3 Å². The zero-order chi connectivity index (χ0) is 15.6. The van der Waals surface area contributed by atoms with Crippen LogP contribution in [0.4, 0.5) is 0 Å². The Morgan fingerprint density at radius 3 is 3.05 bits per heavy atom. The molecule has 0 aliphatic carbocycles. The second-order valence-corrected chi connectivity index (χ2v) is 7.58. The third kappa shape index (κ3) is 3.48. The molecule has 1 saturated heterocycles. The number of benzene rings is 1. The minimum absolute atomic E-state index is 0.0103. The maximum absolute atomic E-state index is 12.2. The van der Waals surface area contributed by atoms with Crippen LogP contribution in [0.15, 0.2) is 30.6 Å². The van der Waals surface area contributed by atoms with Crippen molar-refractivity contribution in [1.29, 1.82) is 0 Å². The molecule has 120 valence electrons. The fourth-order valence-electron chi connectivity index (χ4n) is 2.82. The van der Waals surface area contributed by atoms with Gasteiger partial charge in [0.1, 0.15) is 0 Å². The fraction of sp³-hybridized carbons (Fsp3) is 0.533. The third-order valence-corrected chi connectivity index (χ3v) is 5.47. The van der Waals surface area contributed by atoms with Crippen LogP contribution in [0.3, 0.4) is 0 Å². The van der Waals surface area contributed by atoms with Gasteiger partial charge in [0.2, 0.25) is 10.0 Å². The Kier molecular flexibility index (Phi) is 4.46. The van der Waals surface area contributed by atoms with Crippen molar-refractivity contribution in [1.82, 2.24) is 14.3 Å². The van der Waals surface area contributed by atoms with Gasteiger partial charge in [0.05, 0.1) is 29.2 Å². The maximum Gasteiger partial charge on any atom is 0.213 e. The Morgan fingerprint density at radius 2 is 2.27 bits per heavy atom. The summed E-state index contributed by atoms with van der Waals surface area (Å²) in [5.41, 5.74) is 1.82. The van der Waals surface area contributed by atoms with Crippen LogP contribution < -0.4 is 4.72 Å². The maximum atomic E-state index is 12.2. The first kappa shape index (κ1) is 15.5. The normalized spacial score (nSPS) is 20.5. The molecule has 1 aromatic heterocycles. The SMILES string of the molecule is C[C@@H](NS(=O)(=O)CCn1cnc2ccccc21)[C@H]1CCCO1. The number of hydrogen-bond acceptors (Lipinski definition) is 4. The van der Waals surface area contributed by atoms with Gasteiger partial charge in [-0.2, -0.15) is 0 Å². The van der Waals surface area contributed by atoms with E-state index in [4.69, 9.17) is 4.74 Å². The molecule has 0 bridgehead atoms. The van der Waals surface area contributed by atoms with E-state index in [1.807, 2.05) is 35.8 Å². The van der Waals surface area contributed by atoms with Crippen molar-refractivity contribution in [2.24, 2.45) is 0 Å². The lowest BCUT2D eigenvalue weighted by Crippen LogP contribution is -2.42. The molecule has 0 amide bonds. The number of fused-ring (bicyclic) bond motifs is 1. The van der Waals surface area contributed by atoms with Crippen LogP contribution in [0.1, 0.15) is 19.8 Å². The Hall–Kier alpha value is -1.44. The van der Waals surface area contributed by atoms with Gasteiger partial charge in [-0.15, -0.1) is 0 Å². The molecule has 0 radical (unpaired) electrons. The van der Waals surface area contributed by atoms with Crippen molar-refractivity contribution in [3.8, 4) is 0 Å². The number of nitrogens with one attached hydrogen (secondary N) is 1. The van der Waals surface area contributed by atoms with E-state index in [1.54, 1.807) is 6.33 Å². The van der Waals surface area contributed by atoms with Gasteiger partial charge in [-0.25, -0.2) is 18.1 Å². The summed E-state index contributed by atoms with van der Waals surface area (Å²) in [6.45, 7) is 2.96. The largest absolute Gasteiger partial charge is 0.377 e. The second-order valence-electron chi connectivity index (χ2n) is 5.70. The highest BCUT2D eigenvalue weighted by Gasteiger charge is 2.26. The topological polar surface area (TPSA) is 73.2 Å². The van der Waals surface area contributed by atoms with Crippen LogP contribution in [0.25, 0.3) is 11.0 Å². The van der Waals surface area contributed by atoms with Crippen molar-refractivity contribution >= 4 is 21.1 Å². The molecule has 1 fully saturated rings. The lowest BCUT2D eigenvalue weighted by Gasteiger charge is -2.20. The van der Waals surface area contributed by atoms with E-state index in [0.717, 1.165) is 30.5 Å². The highest BCUT2D eigenvalue weighted by molar-refractivity contribution is 7.89. The summed E-state index contributed by atoms with van der Waals surface area (Å²) >= 11 is 0. The number of hydrogen-bond donors (Lipinski definition) is 1. The predicted molar refractivity (Wildman–Crippen MR) is 85.1 cm³/mol. The Labute approximate surface area is 130 Å². The van der Waals surface area contributed by atoms with Gasteiger partial charge in [-0.3, -0.25) is 0 Å². The van der Waals surface area contributed by atoms with E-state index < -0.39 is 10.0 Å². The van der Waals surface area contributed by atoms with Crippen molar-refractivity contribution in [2.75, 3.05) is 12.4 Å². The summed E-state index contributed by atoms with van der Waals surface area (Å²) in [6.07, 6.45) is 3.58. The van der Waals surface area contributed by atoms with Gasteiger partial charge < -0.3 is 9.30 Å². The van der Waals surface area contributed by atoms with Gasteiger partial charge in [0.25, 0.3) is 0 Å². The van der Waals surface area contributed by atoms with Crippen LogP contribution in [-0.4, -0.2) is 42.5 Å². The number of nitrogens with zero attached hydrogens (tertiary/aromatic N) is 2. The molecule has 0 unspecified atom stereocenters. The lowest BCUT2D eigenvalue weighted by molar-refractivity contribution is 0.0902. The van der Waals surface area contributed by atoms with Crippen LogP contribution in [0, 0.1) is 0 Å². The Morgan fingerprint density at radius 1 is 1.45 bits per heavy atom. The van der Waals surface area contributed by atoms with Crippen LogP contribution >= 0.6 is 0 Å². The monoisotopic (exact) mass is 323 g/mol. The molecule has 6 nitrogen and oxygen atoms in total. The number of rotatable bonds is 6. The summed E-state index contributed by atoms with van der Waals surface area (Å²) in [4.78, 5) is 4.27. The average molecular weight is 323 g/mol. The molecule has 1 aromatic carbocycles. The van der Waals surface area contributed by atoms with Crippen molar-refractivity contribution < 1.29 is 13.2 Å². The first-order valence-corrected chi connectivity index (χ1v) is 9.22. The summed E-state index contributed by atoms with van der Waals surface area (Å²) in [7, 11) is -3.34. The van der Waals surface area contributed by atoms with Gasteiger partial charge >= 0.3 is 0 Å². The zero-order valence-corrected chi connectivity index (χ0v) is 13.4. The standard InChI is InChI=1S/C15H21N3O3S/c1-12(15-7-4-9-21-15)17-22(19,20)10-8-18-11-16-13-5-2-3-6-14(13)18/h2-3,5-6,11-12,15,17H,4,7-10H2,1H3/t12-,15-/m1/s1. The Balaban J connectivity index is 1.62. The fourth-order valence-corrected chi connectivity index (χ4v) is 4.10. The molecule has 2 aromatic rings. The van der Waals surface area contributed by atoms with E-state index in [-0.39, 0.29) is 17.9 Å². The molecule has 3 rings (SSSR count). The van der Waals surface area contributed by atoms with Crippen molar-refractivity contribution in [3.05, 3.63) is 30.6 Å². The number of para-hydroxylation sites is 2. The first-order valence-electron chi connectivity index (χ1n) is 7.57. The van der Waals surface area contributed by atoms with Crippen LogP contribution in [0.5, 0.6) is 0 Å². The lowest BCUT2D eigenvalue weighted by atomic mass is 10.1. The number of aromatic nitrogens is 2.